The average Bonchev–Trinajstić information content (AvgIpc) is 2.39. The van der Waals surface area contributed by atoms with Crippen LogP contribution in [0.5, 0.6) is 0 Å². The van der Waals surface area contributed by atoms with Crippen LogP contribution < -0.4 is 16.4 Å². The Morgan fingerprint density at radius 2 is 2.00 bits per heavy atom. The van der Waals surface area contributed by atoms with Gasteiger partial charge in [-0.15, -0.1) is 0 Å². The van der Waals surface area contributed by atoms with Gasteiger partial charge in [0.05, 0.1) is 12.2 Å². The Kier molecular flexibility index (Phi) is 4.66. The molecule has 0 saturated carbocycles. The first kappa shape index (κ1) is 15.7. The van der Waals surface area contributed by atoms with E-state index in [1.165, 1.54) is 4.90 Å². The molecule has 1 aromatic rings. The topological polar surface area (TPSA) is 84.8 Å². The Morgan fingerprint density at radius 3 is 2.65 bits per heavy atom. The summed E-state index contributed by atoms with van der Waals surface area (Å²) >= 11 is 16.7. The summed E-state index contributed by atoms with van der Waals surface area (Å²) in [5.41, 5.74) is 9.85. The highest BCUT2D eigenvalue weighted by molar-refractivity contribution is 6.67. The molecule has 0 radical (unpaired) electrons. The number of carbonyl (C=O) groups excluding carboxylic acids is 1. The number of rotatable bonds is 1. The summed E-state index contributed by atoms with van der Waals surface area (Å²) in [6.07, 6.45) is -0.552. The van der Waals surface area contributed by atoms with Crippen LogP contribution in [-0.2, 0) is 4.74 Å². The second kappa shape index (κ2) is 5.95. The number of anilines is 1. The van der Waals surface area contributed by atoms with Gasteiger partial charge in [-0.25, -0.2) is 4.79 Å². The van der Waals surface area contributed by atoms with E-state index in [1.54, 1.807) is 0 Å². The van der Waals surface area contributed by atoms with Crippen molar-refractivity contribution >= 4 is 46.6 Å². The molecule has 1 aliphatic rings. The van der Waals surface area contributed by atoms with E-state index < -0.39 is 9.89 Å². The van der Waals surface area contributed by atoms with E-state index in [2.05, 4.69) is 11.5 Å². The zero-order valence-corrected chi connectivity index (χ0v) is 13.0. The van der Waals surface area contributed by atoms with Crippen molar-refractivity contribution in [2.45, 2.75) is 15.9 Å². The summed E-state index contributed by atoms with van der Waals surface area (Å²) in [4.78, 5) is 13.6. The third-order valence-electron chi connectivity index (χ3n) is 3.19. The van der Waals surface area contributed by atoms with Crippen molar-refractivity contribution in [3.8, 4) is 0 Å². The third-order valence-corrected chi connectivity index (χ3v) is 3.52. The predicted octanol–water partition coefficient (Wildman–Crippen LogP) is 0.907. The minimum absolute atomic E-state index is 0.0230. The lowest BCUT2D eigenvalue weighted by Gasteiger charge is -2.32. The number of nitrogens with zero attached hydrogens (tertiary/aromatic N) is 1. The highest BCUT2D eigenvalue weighted by atomic mass is 35.6. The highest BCUT2D eigenvalue weighted by Crippen LogP contribution is 2.31. The molecule has 110 valence electrons. The van der Waals surface area contributed by atoms with E-state index in [9.17, 15) is 4.79 Å². The fourth-order valence-corrected chi connectivity index (χ4v) is 2.32. The normalized spacial score (nSPS) is 22.4. The molecule has 2 rings (SSSR count). The lowest BCUT2D eigenvalue weighted by atomic mass is 9.94. The van der Waals surface area contributed by atoms with Gasteiger partial charge < -0.3 is 16.2 Å². The lowest BCUT2D eigenvalue weighted by Crippen LogP contribution is -2.78. The second-order valence-corrected chi connectivity index (χ2v) is 7.22. The Morgan fingerprint density at radius 1 is 1.35 bits per heavy atom. The zero-order chi connectivity index (χ0) is 14.9. The van der Waals surface area contributed by atoms with Crippen LogP contribution in [-0.4, -0.2) is 29.1 Å². The maximum absolute atomic E-state index is 12.1. The number of hydrogen-bond donors (Lipinski definition) is 2. The van der Waals surface area contributed by atoms with E-state index in [0.29, 0.717) is 6.54 Å². The van der Waals surface area contributed by atoms with Gasteiger partial charge in [-0.2, -0.15) is 0 Å². The van der Waals surface area contributed by atoms with Crippen LogP contribution in [0.3, 0.4) is 0 Å². The summed E-state index contributed by atoms with van der Waals surface area (Å²) in [5.74, 6) is 0. The fraction of sp³-hybridized carbons (Fsp3) is 0.417. The molecule has 20 heavy (non-hydrogen) atoms. The second-order valence-electron chi connectivity index (χ2n) is 4.71. The number of carbonyl (C=O) groups is 1. The van der Waals surface area contributed by atoms with Gasteiger partial charge in [0, 0.05) is 5.56 Å². The molecule has 0 bridgehead atoms. The minimum atomic E-state index is -1.62. The van der Waals surface area contributed by atoms with Gasteiger partial charge in [0.25, 0.3) is 0 Å². The molecule has 5 nitrogen and oxygen atoms in total. The number of fused-ring (bicyclic) bond motifs is 1. The van der Waals surface area contributed by atoms with Crippen LogP contribution in [0.15, 0.2) is 24.3 Å². The van der Waals surface area contributed by atoms with Gasteiger partial charge in [0.1, 0.15) is 6.61 Å². The molecule has 0 aliphatic carbocycles. The van der Waals surface area contributed by atoms with Crippen LogP contribution in [0.25, 0.3) is 0 Å². The number of halogens is 3. The van der Waals surface area contributed by atoms with E-state index in [1.807, 2.05) is 24.3 Å². The predicted molar refractivity (Wildman–Crippen MR) is 77.7 cm³/mol. The number of alkyl halides is 3. The first-order chi connectivity index (χ1) is 9.29. The minimum Gasteiger partial charge on any atom is -0.445 e. The van der Waals surface area contributed by atoms with Crippen molar-refractivity contribution in [1.82, 2.24) is 0 Å². The standard InChI is InChI=1S/C12H14Cl3N3O2/c13-12(14,15)6-20-11(19)18-5-8(16)10(17)7-3-1-2-4-9(7)18/h1-4,8,10H,5-6,16-17H2/p+2/t8-,10-/m0/s1. The number of para-hydroxylation sites is 1. The summed E-state index contributed by atoms with van der Waals surface area (Å²) in [7, 11) is 0. The number of amides is 1. The van der Waals surface area contributed by atoms with Crippen molar-refractivity contribution in [1.29, 1.82) is 0 Å². The Balaban J connectivity index is 2.20. The molecule has 1 heterocycles. The van der Waals surface area contributed by atoms with Gasteiger partial charge in [0.15, 0.2) is 12.1 Å². The average molecular weight is 341 g/mol. The molecular weight excluding hydrogens is 325 g/mol. The molecule has 2 atom stereocenters. The molecular formula is C12H16Cl3N3O2+2. The number of benzene rings is 1. The van der Waals surface area contributed by atoms with Crippen LogP contribution in [0.1, 0.15) is 11.6 Å². The zero-order valence-electron chi connectivity index (χ0n) is 10.7. The Hall–Kier alpha value is -0.720. The molecule has 0 fully saturated rings. The van der Waals surface area contributed by atoms with E-state index in [4.69, 9.17) is 39.5 Å². The van der Waals surface area contributed by atoms with Crippen molar-refractivity contribution in [3.05, 3.63) is 29.8 Å². The molecule has 1 amide bonds. The number of quaternary nitrogens is 2. The molecule has 0 saturated heterocycles. The number of ether oxygens (including phenoxy) is 1. The van der Waals surface area contributed by atoms with Crippen LogP contribution >= 0.6 is 34.8 Å². The van der Waals surface area contributed by atoms with E-state index in [0.717, 1.165) is 11.3 Å². The Bertz CT molecular complexity index is 507. The van der Waals surface area contributed by atoms with E-state index in [-0.39, 0.29) is 18.7 Å². The first-order valence-electron chi connectivity index (χ1n) is 6.05. The van der Waals surface area contributed by atoms with Crippen LogP contribution in [0.4, 0.5) is 10.5 Å². The van der Waals surface area contributed by atoms with Crippen molar-refractivity contribution < 1.29 is 21.0 Å². The molecule has 6 N–H and O–H groups in total. The molecule has 1 aliphatic heterocycles. The van der Waals surface area contributed by atoms with Crippen molar-refractivity contribution in [2.24, 2.45) is 0 Å². The molecule has 1 aromatic carbocycles. The van der Waals surface area contributed by atoms with Gasteiger partial charge >= 0.3 is 6.09 Å². The Labute approximate surface area is 131 Å². The summed E-state index contributed by atoms with van der Waals surface area (Å²) < 4.78 is 3.41. The molecule has 0 unspecified atom stereocenters. The fourth-order valence-electron chi connectivity index (χ4n) is 2.16. The molecule has 0 aromatic heterocycles. The first-order valence-corrected chi connectivity index (χ1v) is 7.19. The lowest BCUT2D eigenvalue weighted by molar-refractivity contribution is -0.533. The third kappa shape index (κ3) is 3.48. The van der Waals surface area contributed by atoms with E-state index >= 15 is 0 Å². The maximum Gasteiger partial charge on any atom is 0.414 e. The van der Waals surface area contributed by atoms with Crippen LogP contribution in [0, 0.1) is 0 Å². The molecule has 0 spiro atoms. The molecule has 8 heteroatoms. The largest absolute Gasteiger partial charge is 0.445 e. The van der Waals surface area contributed by atoms with Gasteiger partial charge in [-0.05, 0) is 6.07 Å². The SMILES string of the molecule is [NH3+][C@H]1CN(C(=O)OCC(Cl)(Cl)Cl)c2ccccc2[C@@H]1[NH3+]. The quantitative estimate of drug-likeness (QED) is 0.745. The maximum atomic E-state index is 12.1. The highest BCUT2D eigenvalue weighted by Gasteiger charge is 2.37. The summed E-state index contributed by atoms with van der Waals surface area (Å²) in [6.45, 7) is 0.120. The smallest absolute Gasteiger partial charge is 0.414 e. The number of hydrogen-bond acceptors (Lipinski definition) is 2. The van der Waals surface area contributed by atoms with Gasteiger partial charge in [-0.1, -0.05) is 53.0 Å². The van der Waals surface area contributed by atoms with Crippen LogP contribution in [0.2, 0.25) is 0 Å². The van der Waals surface area contributed by atoms with Gasteiger partial charge in [-0.3, -0.25) is 4.90 Å². The van der Waals surface area contributed by atoms with Crippen molar-refractivity contribution in [3.63, 3.8) is 0 Å². The summed E-state index contributed by atoms with van der Waals surface area (Å²) in [5, 5.41) is 0. The van der Waals surface area contributed by atoms with Gasteiger partial charge in [0.2, 0.25) is 3.79 Å². The van der Waals surface area contributed by atoms with Crippen molar-refractivity contribution in [2.75, 3.05) is 18.1 Å². The monoisotopic (exact) mass is 339 g/mol. The summed E-state index contributed by atoms with van der Waals surface area (Å²) in [6, 6.07) is 7.54.